The maximum atomic E-state index is 12.4. The van der Waals surface area contributed by atoms with Crippen molar-refractivity contribution >= 4 is 11.8 Å². The molecule has 8 heteroatoms. The normalized spacial score (nSPS) is 16.3. The number of halogens is 3. The molecule has 0 atom stereocenters. The number of pyridine rings is 1. The molecule has 2 amide bonds. The molecule has 0 aliphatic carbocycles. The number of rotatable bonds is 3. The Morgan fingerprint density at radius 2 is 2.00 bits per heavy atom. The van der Waals surface area contributed by atoms with Crippen molar-refractivity contribution in [2.75, 3.05) is 20.1 Å². The Morgan fingerprint density at radius 1 is 1.35 bits per heavy atom. The lowest BCUT2D eigenvalue weighted by molar-refractivity contribution is -0.187. The Hall–Kier alpha value is -2.12. The first-order valence-electron chi connectivity index (χ1n) is 7.29. The number of amides is 2. The molecule has 1 aliphatic heterocycles. The van der Waals surface area contributed by atoms with Crippen molar-refractivity contribution in [1.29, 1.82) is 0 Å². The topological polar surface area (TPSA) is 53.5 Å². The first-order chi connectivity index (χ1) is 10.8. The van der Waals surface area contributed by atoms with Crippen molar-refractivity contribution in [2.45, 2.75) is 25.6 Å². The van der Waals surface area contributed by atoms with E-state index in [1.807, 2.05) is 6.07 Å². The van der Waals surface area contributed by atoms with Crippen molar-refractivity contribution in [3.63, 3.8) is 0 Å². The summed E-state index contributed by atoms with van der Waals surface area (Å²) in [5.41, 5.74) is 0.882. The van der Waals surface area contributed by atoms with Crippen molar-refractivity contribution in [2.24, 2.45) is 5.92 Å². The molecule has 0 N–H and O–H groups in total. The van der Waals surface area contributed by atoms with Crippen molar-refractivity contribution in [1.82, 2.24) is 14.8 Å². The van der Waals surface area contributed by atoms with Crippen LogP contribution in [0.1, 0.15) is 18.4 Å². The highest BCUT2D eigenvalue weighted by Crippen LogP contribution is 2.25. The molecule has 1 aromatic rings. The lowest BCUT2D eigenvalue weighted by atomic mass is 9.95. The fourth-order valence-electron chi connectivity index (χ4n) is 2.66. The molecule has 5 nitrogen and oxygen atoms in total. The minimum absolute atomic E-state index is 0.0461. The van der Waals surface area contributed by atoms with Crippen LogP contribution in [0.4, 0.5) is 13.2 Å². The first kappa shape index (κ1) is 17.2. The van der Waals surface area contributed by atoms with E-state index in [1.54, 1.807) is 30.4 Å². The van der Waals surface area contributed by atoms with Gasteiger partial charge >= 0.3 is 12.1 Å². The molecule has 1 aliphatic rings. The summed E-state index contributed by atoms with van der Waals surface area (Å²) in [5.74, 6) is -2.30. The van der Waals surface area contributed by atoms with Gasteiger partial charge in [-0.25, -0.2) is 0 Å². The summed E-state index contributed by atoms with van der Waals surface area (Å²) in [5, 5.41) is 0. The number of likely N-dealkylation sites (tertiary alicyclic amines) is 1. The minimum Gasteiger partial charge on any atom is -0.341 e. The molecule has 0 radical (unpaired) electrons. The molecule has 1 fully saturated rings. The van der Waals surface area contributed by atoms with E-state index in [0.717, 1.165) is 10.5 Å². The van der Waals surface area contributed by atoms with Gasteiger partial charge < -0.3 is 9.80 Å². The van der Waals surface area contributed by atoms with Gasteiger partial charge in [-0.3, -0.25) is 14.6 Å². The highest BCUT2D eigenvalue weighted by Gasteiger charge is 2.43. The Balaban J connectivity index is 1.87. The van der Waals surface area contributed by atoms with E-state index >= 15 is 0 Å². The maximum absolute atomic E-state index is 12.4. The number of hydrogen-bond donors (Lipinski definition) is 0. The van der Waals surface area contributed by atoms with Gasteiger partial charge in [0.15, 0.2) is 0 Å². The average Bonchev–Trinajstić information content (AvgIpc) is 2.53. The molecule has 0 unspecified atom stereocenters. The van der Waals surface area contributed by atoms with Crippen LogP contribution in [0.5, 0.6) is 0 Å². The molecule has 1 saturated heterocycles. The quantitative estimate of drug-likeness (QED) is 0.850. The van der Waals surface area contributed by atoms with Crippen LogP contribution in [0, 0.1) is 5.92 Å². The highest BCUT2D eigenvalue weighted by atomic mass is 19.4. The number of aromatic nitrogens is 1. The third kappa shape index (κ3) is 4.43. The Kier molecular flexibility index (Phi) is 5.23. The number of nitrogens with zero attached hydrogens (tertiary/aromatic N) is 3. The van der Waals surface area contributed by atoms with E-state index in [0.29, 0.717) is 6.54 Å². The van der Waals surface area contributed by atoms with E-state index in [2.05, 4.69) is 4.98 Å². The van der Waals surface area contributed by atoms with Gasteiger partial charge in [0.25, 0.3) is 0 Å². The van der Waals surface area contributed by atoms with E-state index < -0.39 is 12.1 Å². The molecule has 0 spiro atoms. The summed E-state index contributed by atoms with van der Waals surface area (Å²) >= 11 is 0. The zero-order valence-electron chi connectivity index (χ0n) is 12.7. The van der Waals surface area contributed by atoms with Gasteiger partial charge in [-0.2, -0.15) is 13.2 Å². The van der Waals surface area contributed by atoms with Crippen LogP contribution in [0.2, 0.25) is 0 Å². The molecule has 2 rings (SSSR count). The molecule has 0 saturated carbocycles. The van der Waals surface area contributed by atoms with Gasteiger partial charge in [-0.05, 0) is 24.5 Å². The smallest absolute Gasteiger partial charge is 0.341 e. The van der Waals surface area contributed by atoms with E-state index in [4.69, 9.17) is 0 Å². The first-order valence-corrected chi connectivity index (χ1v) is 7.29. The van der Waals surface area contributed by atoms with Crippen LogP contribution >= 0.6 is 0 Å². The lowest BCUT2D eigenvalue weighted by Gasteiger charge is -2.33. The largest absolute Gasteiger partial charge is 0.471 e. The monoisotopic (exact) mass is 329 g/mol. The molecule has 1 aromatic heterocycles. The summed E-state index contributed by atoms with van der Waals surface area (Å²) in [6.07, 6.45) is -1.06. The molecular formula is C15H18F3N3O2. The van der Waals surface area contributed by atoms with Crippen molar-refractivity contribution in [3.8, 4) is 0 Å². The van der Waals surface area contributed by atoms with Crippen LogP contribution in [0.3, 0.4) is 0 Å². The maximum Gasteiger partial charge on any atom is 0.471 e. The third-order valence-electron chi connectivity index (χ3n) is 3.89. The van der Waals surface area contributed by atoms with Crippen molar-refractivity contribution in [3.05, 3.63) is 30.1 Å². The highest BCUT2D eigenvalue weighted by molar-refractivity contribution is 5.83. The van der Waals surface area contributed by atoms with Gasteiger partial charge in [0.05, 0.1) is 0 Å². The van der Waals surface area contributed by atoms with Gasteiger partial charge in [0, 0.05) is 45.0 Å². The van der Waals surface area contributed by atoms with Crippen molar-refractivity contribution < 1.29 is 22.8 Å². The van der Waals surface area contributed by atoms with Gasteiger partial charge in [-0.1, -0.05) is 6.07 Å². The predicted octanol–water partition coefficient (Wildman–Crippen LogP) is 1.84. The number of carbonyl (C=O) groups is 2. The number of alkyl halides is 3. The predicted molar refractivity (Wildman–Crippen MR) is 76.1 cm³/mol. The molecule has 0 bridgehead atoms. The second-order valence-corrected chi connectivity index (χ2v) is 5.62. The summed E-state index contributed by atoms with van der Waals surface area (Å²) < 4.78 is 37.2. The van der Waals surface area contributed by atoms with Gasteiger partial charge in [-0.15, -0.1) is 0 Å². The zero-order valence-corrected chi connectivity index (χ0v) is 12.7. The summed E-state index contributed by atoms with van der Waals surface area (Å²) in [4.78, 5) is 29.8. The molecule has 2 heterocycles. The molecule has 0 aromatic carbocycles. The van der Waals surface area contributed by atoms with Gasteiger partial charge in [0.1, 0.15) is 0 Å². The van der Waals surface area contributed by atoms with Crippen LogP contribution in [0.25, 0.3) is 0 Å². The van der Waals surface area contributed by atoms with E-state index in [-0.39, 0.29) is 37.8 Å². The number of carbonyl (C=O) groups excluding carboxylic acids is 2. The lowest BCUT2D eigenvalue weighted by Crippen LogP contribution is -2.47. The van der Waals surface area contributed by atoms with E-state index in [1.165, 1.54) is 0 Å². The summed E-state index contributed by atoms with van der Waals surface area (Å²) in [6.45, 7) is 0.305. The van der Waals surface area contributed by atoms with Crippen LogP contribution < -0.4 is 0 Å². The average molecular weight is 329 g/mol. The third-order valence-corrected chi connectivity index (χ3v) is 3.89. The second kappa shape index (κ2) is 6.97. The summed E-state index contributed by atoms with van der Waals surface area (Å²) in [7, 11) is 1.66. The van der Waals surface area contributed by atoms with E-state index in [9.17, 15) is 22.8 Å². The standard InChI is InChI=1S/C15H18F3N3O2/c1-20(10-11-3-2-6-19-9-11)13(22)12-4-7-21(8-5-12)14(23)15(16,17)18/h2-3,6,9,12H,4-5,7-8,10H2,1H3. The van der Waals surface area contributed by atoms with Crippen LogP contribution in [-0.4, -0.2) is 52.9 Å². The minimum atomic E-state index is -4.85. The molecular weight excluding hydrogens is 311 g/mol. The van der Waals surface area contributed by atoms with Gasteiger partial charge in [0.2, 0.25) is 5.91 Å². The number of piperidine rings is 1. The second-order valence-electron chi connectivity index (χ2n) is 5.62. The number of hydrogen-bond acceptors (Lipinski definition) is 3. The fraction of sp³-hybridized carbons (Fsp3) is 0.533. The zero-order chi connectivity index (χ0) is 17.0. The Morgan fingerprint density at radius 3 is 2.52 bits per heavy atom. The SMILES string of the molecule is CN(Cc1cccnc1)C(=O)C1CCN(C(=O)C(F)(F)F)CC1. The molecule has 23 heavy (non-hydrogen) atoms. The van der Waals surface area contributed by atoms with Crippen LogP contribution in [0.15, 0.2) is 24.5 Å². The Bertz CT molecular complexity index is 555. The van der Waals surface area contributed by atoms with Crippen LogP contribution in [-0.2, 0) is 16.1 Å². The summed E-state index contributed by atoms with van der Waals surface area (Å²) in [6, 6.07) is 3.62. The Labute approximate surface area is 132 Å². The fourth-order valence-corrected chi connectivity index (χ4v) is 2.66. The molecule has 126 valence electrons.